The van der Waals surface area contributed by atoms with Crippen molar-refractivity contribution >= 4 is 17.5 Å². The molecular formula is C17H22F2N2O2. The van der Waals surface area contributed by atoms with Crippen LogP contribution in [0, 0.1) is 11.6 Å². The van der Waals surface area contributed by atoms with E-state index in [1.54, 1.807) is 4.90 Å². The topological polar surface area (TPSA) is 49.4 Å². The van der Waals surface area contributed by atoms with Crippen LogP contribution in [0.5, 0.6) is 0 Å². The van der Waals surface area contributed by atoms with Gasteiger partial charge in [0, 0.05) is 37.7 Å². The molecule has 1 aliphatic rings. The van der Waals surface area contributed by atoms with Gasteiger partial charge in [0.2, 0.25) is 11.8 Å². The van der Waals surface area contributed by atoms with Crippen LogP contribution < -0.4 is 5.32 Å². The van der Waals surface area contributed by atoms with Crippen molar-refractivity contribution in [3.05, 3.63) is 29.8 Å². The molecular weight excluding hydrogens is 302 g/mol. The van der Waals surface area contributed by atoms with Gasteiger partial charge in [-0.05, 0) is 25.0 Å². The van der Waals surface area contributed by atoms with Gasteiger partial charge in [0.1, 0.15) is 0 Å². The highest BCUT2D eigenvalue weighted by molar-refractivity contribution is 5.91. The van der Waals surface area contributed by atoms with Crippen molar-refractivity contribution in [2.45, 2.75) is 51.5 Å². The first-order valence-electron chi connectivity index (χ1n) is 7.99. The molecule has 0 saturated heterocycles. The van der Waals surface area contributed by atoms with Gasteiger partial charge in [-0.1, -0.05) is 19.3 Å². The van der Waals surface area contributed by atoms with E-state index in [9.17, 15) is 18.4 Å². The molecule has 1 N–H and O–H groups in total. The Morgan fingerprint density at radius 2 is 1.87 bits per heavy atom. The molecule has 0 spiro atoms. The Morgan fingerprint density at radius 1 is 1.17 bits per heavy atom. The maximum absolute atomic E-state index is 13.1. The lowest BCUT2D eigenvalue weighted by Crippen LogP contribution is -2.41. The van der Waals surface area contributed by atoms with Gasteiger partial charge >= 0.3 is 0 Å². The average Bonchev–Trinajstić information content (AvgIpc) is 2.52. The van der Waals surface area contributed by atoms with Gasteiger partial charge in [0.05, 0.1) is 0 Å². The lowest BCUT2D eigenvalue weighted by Gasteiger charge is -2.33. The first-order chi connectivity index (χ1) is 11.0. The fourth-order valence-corrected chi connectivity index (χ4v) is 3.01. The predicted molar refractivity (Wildman–Crippen MR) is 83.9 cm³/mol. The average molecular weight is 324 g/mol. The minimum Gasteiger partial charge on any atom is -0.339 e. The number of amides is 2. The van der Waals surface area contributed by atoms with E-state index in [0.717, 1.165) is 37.8 Å². The number of benzene rings is 1. The summed E-state index contributed by atoms with van der Waals surface area (Å²) in [6.07, 6.45) is 5.49. The summed E-state index contributed by atoms with van der Waals surface area (Å²) in [4.78, 5) is 25.5. The van der Waals surface area contributed by atoms with Crippen LogP contribution in [0.4, 0.5) is 14.5 Å². The summed E-state index contributed by atoms with van der Waals surface area (Å²) in [6.45, 7) is 1.86. The molecule has 0 aliphatic heterocycles. The van der Waals surface area contributed by atoms with Crippen LogP contribution in [0.3, 0.4) is 0 Å². The molecule has 0 heterocycles. The lowest BCUT2D eigenvalue weighted by molar-refractivity contribution is -0.132. The zero-order chi connectivity index (χ0) is 16.8. The molecule has 0 unspecified atom stereocenters. The van der Waals surface area contributed by atoms with Gasteiger partial charge < -0.3 is 10.2 Å². The molecule has 0 atom stereocenters. The Hall–Kier alpha value is -1.98. The molecule has 1 aromatic carbocycles. The quantitative estimate of drug-likeness (QED) is 0.901. The standard InChI is InChI=1S/C17H22F2N2O2/c1-12(22)21(14-5-3-2-4-6-14)10-9-17(23)20-13-7-8-15(18)16(19)11-13/h7-8,11,14H,2-6,9-10H2,1H3,(H,20,23). The lowest BCUT2D eigenvalue weighted by atomic mass is 9.94. The van der Waals surface area contributed by atoms with Crippen molar-refractivity contribution in [2.24, 2.45) is 0 Å². The number of carbonyl (C=O) groups is 2. The normalized spacial score (nSPS) is 15.3. The van der Waals surface area contributed by atoms with Crippen molar-refractivity contribution < 1.29 is 18.4 Å². The molecule has 2 rings (SSSR count). The van der Waals surface area contributed by atoms with Crippen LogP contribution in [0.15, 0.2) is 18.2 Å². The van der Waals surface area contributed by atoms with Crippen molar-refractivity contribution in [3.8, 4) is 0 Å². The third-order valence-electron chi connectivity index (χ3n) is 4.20. The number of anilines is 1. The van der Waals surface area contributed by atoms with Crippen LogP contribution >= 0.6 is 0 Å². The summed E-state index contributed by atoms with van der Waals surface area (Å²) in [5.41, 5.74) is 0.209. The van der Waals surface area contributed by atoms with E-state index >= 15 is 0 Å². The van der Waals surface area contributed by atoms with Gasteiger partial charge in [0.15, 0.2) is 11.6 Å². The van der Waals surface area contributed by atoms with E-state index < -0.39 is 11.6 Å². The second-order valence-corrected chi connectivity index (χ2v) is 5.93. The third-order valence-corrected chi connectivity index (χ3v) is 4.20. The Kier molecular flexibility index (Phi) is 6.07. The van der Waals surface area contributed by atoms with E-state index in [0.29, 0.717) is 6.54 Å². The summed E-state index contributed by atoms with van der Waals surface area (Å²) in [6, 6.07) is 3.42. The molecule has 4 nitrogen and oxygen atoms in total. The van der Waals surface area contributed by atoms with E-state index in [-0.39, 0.29) is 30.0 Å². The molecule has 1 aliphatic carbocycles. The SMILES string of the molecule is CC(=O)N(CCC(=O)Nc1ccc(F)c(F)c1)C1CCCCC1. The Labute approximate surface area is 134 Å². The molecule has 126 valence electrons. The van der Waals surface area contributed by atoms with Crippen molar-refractivity contribution in [1.82, 2.24) is 4.90 Å². The second kappa shape index (κ2) is 8.04. The highest BCUT2D eigenvalue weighted by Gasteiger charge is 2.23. The molecule has 23 heavy (non-hydrogen) atoms. The summed E-state index contributed by atoms with van der Waals surface area (Å²) >= 11 is 0. The fourth-order valence-electron chi connectivity index (χ4n) is 3.01. The highest BCUT2D eigenvalue weighted by atomic mass is 19.2. The monoisotopic (exact) mass is 324 g/mol. The Morgan fingerprint density at radius 3 is 2.48 bits per heavy atom. The summed E-state index contributed by atoms with van der Waals surface area (Å²) in [5.74, 6) is -2.31. The van der Waals surface area contributed by atoms with Gasteiger partial charge in [0.25, 0.3) is 0 Å². The third kappa shape index (κ3) is 5.01. The number of nitrogens with zero attached hydrogens (tertiary/aromatic N) is 1. The summed E-state index contributed by atoms with van der Waals surface area (Å²) < 4.78 is 26.0. The largest absolute Gasteiger partial charge is 0.339 e. The number of nitrogens with one attached hydrogen (secondary N) is 1. The van der Waals surface area contributed by atoms with E-state index in [1.807, 2.05) is 0 Å². The minimum atomic E-state index is -1.00. The zero-order valence-electron chi connectivity index (χ0n) is 13.3. The Bertz CT molecular complexity index is 572. The van der Waals surface area contributed by atoms with Gasteiger partial charge in [-0.15, -0.1) is 0 Å². The van der Waals surface area contributed by atoms with E-state index in [1.165, 1.54) is 19.4 Å². The number of rotatable bonds is 5. The molecule has 2 amide bonds. The number of hydrogen-bond acceptors (Lipinski definition) is 2. The van der Waals surface area contributed by atoms with Crippen LogP contribution in [0.2, 0.25) is 0 Å². The molecule has 6 heteroatoms. The predicted octanol–water partition coefficient (Wildman–Crippen LogP) is 3.47. The van der Waals surface area contributed by atoms with Gasteiger partial charge in [-0.2, -0.15) is 0 Å². The van der Waals surface area contributed by atoms with Gasteiger partial charge in [-0.3, -0.25) is 9.59 Å². The van der Waals surface area contributed by atoms with E-state index in [2.05, 4.69) is 5.32 Å². The Balaban J connectivity index is 1.88. The first kappa shape index (κ1) is 17.4. The minimum absolute atomic E-state index is 0.0301. The molecule has 1 fully saturated rings. The van der Waals surface area contributed by atoms with Crippen LogP contribution in [-0.2, 0) is 9.59 Å². The molecule has 0 aromatic heterocycles. The highest BCUT2D eigenvalue weighted by Crippen LogP contribution is 2.23. The van der Waals surface area contributed by atoms with E-state index in [4.69, 9.17) is 0 Å². The zero-order valence-corrected chi connectivity index (χ0v) is 13.3. The number of hydrogen-bond donors (Lipinski definition) is 1. The van der Waals surface area contributed by atoms with Crippen LogP contribution in [-0.4, -0.2) is 29.3 Å². The number of carbonyl (C=O) groups excluding carboxylic acids is 2. The molecule has 0 bridgehead atoms. The molecule has 1 aromatic rings. The number of halogens is 2. The van der Waals surface area contributed by atoms with Crippen molar-refractivity contribution in [2.75, 3.05) is 11.9 Å². The smallest absolute Gasteiger partial charge is 0.226 e. The van der Waals surface area contributed by atoms with Crippen LogP contribution in [0.1, 0.15) is 45.4 Å². The molecule has 0 radical (unpaired) electrons. The maximum Gasteiger partial charge on any atom is 0.226 e. The molecule has 1 saturated carbocycles. The van der Waals surface area contributed by atoms with Crippen molar-refractivity contribution in [1.29, 1.82) is 0 Å². The maximum atomic E-state index is 13.1. The van der Waals surface area contributed by atoms with Gasteiger partial charge in [-0.25, -0.2) is 8.78 Å². The second-order valence-electron chi connectivity index (χ2n) is 5.93. The summed E-state index contributed by atoms with van der Waals surface area (Å²) in [5, 5.41) is 2.52. The van der Waals surface area contributed by atoms with Crippen molar-refractivity contribution in [3.63, 3.8) is 0 Å². The summed E-state index contributed by atoms with van der Waals surface area (Å²) in [7, 11) is 0. The first-order valence-corrected chi connectivity index (χ1v) is 7.99. The van der Waals surface area contributed by atoms with Crippen LogP contribution in [0.25, 0.3) is 0 Å². The fraction of sp³-hybridized carbons (Fsp3) is 0.529.